The smallest absolute Gasteiger partial charge is 0.407 e. The predicted molar refractivity (Wildman–Crippen MR) is 88.7 cm³/mol. The molecule has 1 heterocycles. The van der Waals surface area contributed by atoms with Crippen molar-refractivity contribution in [3.63, 3.8) is 0 Å². The van der Waals surface area contributed by atoms with Gasteiger partial charge < -0.3 is 15.4 Å². The molecule has 5 nitrogen and oxygen atoms in total. The lowest BCUT2D eigenvalue weighted by Crippen LogP contribution is -2.46. The molecule has 0 aromatic carbocycles. The van der Waals surface area contributed by atoms with E-state index in [0.29, 0.717) is 18.7 Å². The van der Waals surface area contributed by atoms with E-state index < -0.39 is 11.7 Å². The van der Waals surface area contributed by atoms with E-state index in [1.807, 2.05) is 32.2 Å². The molecule has 122 valence electrons. The Labute approximate surface area is 136 Å². The zero-order valence-corrected chi connectivity index (χ0v) is 14.7. The summed E-state index contributed by atoms with van der Waals surface area (Å²) >= 11 is 1.56. The maximum absolute atomic E-state index is 11.9. The minimum absolute atomic E-state index is 0.00903. The number of thiophene rings is 1. The molecule has 0 aliphatic carbocycles. The van der Waals surface area contributed by atoms with Gasteiger partial charge in [-0.25, -0.2) is 4.79 Å². The summed E-state index contributed by atoms with van der Waals surface area (Å²) < 4.78 is 5.29. The van der Waals surface area contributed by atoms with Crippen LogP contribution in [0.2, 0.25) is 0 Å². The van der Waals surface area contributed by atoms with Crippen LogP contribution in [0.25, 0.3) is 0 Å². The number of amides is 1. The van der Waals surface area contributed by atoms with Crippen LogP contribution in [-0.2, 0) is 11.3 Å². The van der Waals surface area contributed by atoms with Crippen LogP contribution in [0.3, 0.4) is 0 Å². The summed E-state index contributed by atoms with van der Waals surface area (Å²) in [6, 6.07) is 3.99. The van der Waals surface area contributed by atoms with Gasteiger partial charge in [0.05, 0.1) is 5.56 Å². The number of nitriles is 1. The summed E-state index contributed by atoms with van der Waals surface area (Å²) in [4.78, 5) is 13.0. The molecule has 0 radical (unpaired) electrons. The number of rotatable bonds is 6. The molecular formula is C16H25N3O2S. The highest BCUT2D eigenvalue weighted by atomic mass is 32.1. The van der Waals surface area contributed by atoms with Crippen LogP contribution in [0, 0.1) is 17.2 Å². The SMILES string of the molecule is CC(C)C(CNCc1cc(C#N)cs1)NC(=O)OC(C)(C)C. The zero-order chi connectivity index (χ0) is 16.8. The molecule has 0 aliphatic heterocycles. The Bertz CT molecular complexity index is 526. The van der Waals surface area contributed by atoms with Crippen molar-refractivity contribution in [2.24, 2.45) is 5.92 Å². The van der Waals surface area contributed by atoms with E-state index in [0.717, 1.165) is 4.88 Å². The van der Waals surface area contributed by atoms with Crippen LogP contribution < -0.4 is 10.6 Å². The fourth-order valence-corrected chi connectivity index (χ4v) is 2.57. The Morgan fingerprint density at radius 1 is 1.45 bits per heavy atom. The lowest BCUT2D eigenvalue weighted by molar-refractivity contribution is 0.0490. The van der Waals surface area contributed by atoms with E-state index in [1.165, 1.54) is 0 Å². The molecule has 1 aromatic heterocycles. The summed E-state index contributed by atoms with van der Waals surface area (Å²) in [6.45, 7) is 11.0. The number of carbonyl (C=O) groups excluding carboxylic acids is 1. The quantitative estimate of drug-likeness (QED) is 0.842. The van der Waals surface area contributed by atoms with E-state index >= 15 is 0 Å². The van der Waals surface area contributed by atoms with Crippen molar-refractivity contribution >= 4 is 17.4 Å². The normalized spacial score (nSPS) is 12.8. The molecule has 1 unspecified atom stereocenters. The maximum Gasteiger partial charge on any atom is 0.407 e. The number of ether oxygens (including phenoxy) is 1. The summed E-state index contributed by atoms with van der Waals surface area (Å²) in [7, 11) is 0. The molecule has 1 rings (SSSR count). The van der Waals surface area contributed by atoms with Crippen molar-refractivity contribution in [3.05, 3.63) is 21.9 Å². The van der Waals surface area contributed by atoms with Crippen LogP contribution in [0.15, 0.2) is 11.4 Å². The minimum Gasteiger partial charge on any atom is -0.444 e. The Balaban J connectivity index is 2.44. The largest absolute Gasteiger partial charge is 0.444 e. The standard InChI is InChI=1S/C16H25N3O2S/c1-11(2)14(19-15(20)21-16(3,4)5)9-18-8-13-6-12(7-17)10-22-13/h6,10-11,14,18H,8-9H2,1-5H3,(H,19,20). The van der Waals surface area contributed by atoms with Crippen LogP contribution in [0.4, 0.5) is 4.79 Å². The minimum atomic E-state index is -0.496. The highest BCUT2D eigenvalue weighted by Gasteiger charge is 2.21. The van der Waals surface area contributed by atoms with Crippen molar-refractivity contribution in [3.8, 4) is 6.07 Å². The summed E-state index contributed by atoms with van der Waals surface area (Å²) in [5, 5.41) is 16.9. The van der Waals surface area contributed by atoms with Crippen LogP contribution >= 0.6 is 11.3 Å². The first-order chi connectivity index (χ1) is 10.2. The third kappa shape index (κ3) is 6.92. The zero-order valence-electron chi connectivity index (χ0n) is 13.9. The van der Waals surface area contributed by atoms with Crippen molar-refractivity contribution in [2.45, 2.75) is 52.8 Å². The molecule has 0 fully saturated rings. The Morgan fingerprint density at radius 2 is 2.14 bits per heavy atom. The van der Waals surface area contributed by atoms with Gasteiger partial charge in [-0.3, -0.25) is 0 Å². The number of carbonyl (C=O) groups is 1. The molecule has 1 atom stereocenters. The predicted octanol–water partition coefficient (Wildman–Crippen LogP) is 3.26. The maximum atomic E-state index is 11.9. The van der Waals surface area contributed by atoms with Crippen molar-refractivity contribution in [1.82, 2.24) is 10.6 Å². The molecule has 1 aromatic rings. The number of alkyl carbamates (subject to hydrolysis) is 1. The van der Waals surface area contributed by atoms with Gasteiger partial charge in [-0.1, -0.05) is 13.8 Å². The molecule has 0 spiro atoms. The monoisotopic (exact) mass is 323 g/mol. The molecule has 0 bridgehead atoms. The van der Waals surface area contributed by atoms with Gasteiger partial charge in [0.25, 0.3) is 0 Å². The summed E-state index contributed by atoms with van der Waals surface area (Å²) in [5.74, 6) is 0.290. The number of nitrogens with one attached hydrogen (secondary N) is 2. The van der Waals surface area contributed by atoms with E-state index in [1.54, 1.807) is 11.3 Å². The average molecular weight is 323 g/mol. The first kappa shape index (κ1) is 18.5. The van der Waals surface area contributed by atoms with Gasteiger partial charge in [0.2, 0.25) is 0 Å². The second-order valence-corrected chi connectivity index (χ2v) is 7.54. The summed E-state index contributed by atoms with van der Waals surface area (Å²) in [6.07, 6.45) is -0.393. The van der Waals surface area contributed by atoms with Crippen LogP contribution in [0.1, 0.15) is 45.1 Å². The van der Waals surface area contributed by atoms with Gasteiger partial charge in [0.1, 0.15) is 11.7 Å². The fourth-order valence-electron chi connectivity index (χ4n) is 1.80. The Morgan fingerprint density at radius 3 is 2.64 bits per heavy atom. The molecule has 0 saturated heterocycles. The number of hydrogen-bond donors (Lipinski definition) is 2. The van der Waals surface area contributed by atoms with Gasteiger partial charge in [-0.05, 0) is 32.8 Å². The van der Waals surface area contributed by atoms with Crippen molar-refractivity contribution < 1.29 is 9.53 Å². The van der Waals surface area contributed by atoms with E-state index in [-0.39, 0.29) is 12.0 Å². The van der Waals surface area contributed by atoms with Gasteiger partial charge >= 0.3 is 6.09 Å². The molecule has 0 aliphatic rings. The van der Waals surface area contributed by atoms with E-state index in [4.69, 9.17) is 10.00 Å². The van der Waals surface area contributed by atoms with Gasteiger partial charge in [-0.15, -0.1) is 11.3 Å². The number of nitrogens with zero attached hydrogens (tertiary/aromatic N) is 1. The lowest BCUT2D eigenvalue weighted by atomic mass is 10.0. The molecule has 22 heavy (non-hydrogen) atoms. The van der Waals surface area contributed by atoms with Crippen molar-refractivity contribution in [2.75, 3.05) is 6.54 Å². The van der Waals surface area contributed by atoms with Crippen LogP contribution in [-0.4, -0.2) is 24.3 Å². The summed E-state index contributed by atoms with van der Waals surface area (Å²) in [5.41, 5.74) is 0.193. The molecule has 2 N–H and O–H groups in total. The Kier molecular flexibility index (Phi) is 6.85. The second kappa shape index (κ2) is 8.16. The fraction of sp³-hybridized carbons (Fsp3) is 0.625. The molecule has 6 heteroatoms. The van der Waals surface area contributed by atoms with Gasteiger partial charge in [0, 0.05) is 29.4 Å². The lowest BCUT2D eigenvalue weighted by Gasteiger charge is -2.26. The molecular weight excluding hydrogens is 298 g/mol. The highest BCUT2D eigenvalue weighted by molar-refractivity contribution is 7.10. The van der Waals surface area contributed by atoms with E-state index in [9.17, 15) is 4.79 Å². The first-order valence-electron chi connectivity index (χ1n) is 7.39. The second-order valence-electron chi connectivity index (χ2n) is 6.54. The van der Waals surface area contributed by atoms with Crippen molar-refractivity contribution in [1.29, 1.82) is 5.26 Å². The molecule has 1 amide bonds. The Hall–Kier alpha value is -1.58. The number of hydrogen-bond acceptors (Lipinski definition) is 5. The highest BCUT2D eigenvalue weighted by Crippen LogP contribution is 2.13. The third-order valence-corrected chi connectivity index (χ3v) is 3.89. The van der Waals surface area contributed by atoms with E-state index in [2.05, 4.69) is 30.6 Å². The van der Waals surface area contributed by atoms with Crippen LogP contribution in [0.5, 0.6) is 0 Å². The first-order valence-corrected chi connectivity index (χ1v) is 8.27. The third-order valence-electron chi connectivity index (χ3n) is 2.95. The van der Waals surface area contributed by atoms with Gasteiger partial charge in [-0.2, -0.15) is 5.26 Å². The molecule has 0 saturated carbocycles. The average Bonchev–Trinajstić information content (AvgIpc) is 2.83. The topological polar surface area (TPSA) is 74.2 Å². The van der Waals surface area contributed by atoms with Gasteiger partial charge in [0.15, 0.2) is 0 Å².